The summed E-state index contributed by atoms with van der Waals surface area (Å²) in [4.78, 5) is 44.8. The molecule has 3 rings (SSSR count). The minimum atomic E-state index is -0.182. The van der Waals surface area contributed by atoms with Crippen LogP contribution < -0.4 is 0 Å². The Morgan fingerprint density at radius 3 is 2.46 bits per heavy atom. The van der Waals surface area contributed by atoms with Gasteiger partial charge in [0, 0.05) is 59.3 Å². The Morgan fingerprint density at radius 2 is 1.77 bits per heavy atom. The van der Waals surface area contributed by atoms with Crippen molar-refractivity contribution in [2.24, 2.45) is 5.92 Å². The molecule has 0 radical (unpaired) electrons. The summed E-state index contributed by atoms with van der Waals surface area (Å²) in [7, 11) is 3.53. The van der Waals surface area contributed by atoms with Crippen molar-refractivity contribution in [1.82, 2.24) is 19.6 Å². The lowest BCUT2D eigenvalue weighted by Crippen LogP contribution is -2.42. The van der Waals surface area contributed by atoms with E-state index in [0.29, 0.717) is 32.1 Å². The third kappa shape index (κ3) is 4.37. The fourth-order valence-electron chi connectivity index (χ4n) is 4.41. The molecule has 1 unspecified atom stereocenters. The van der Waals surface area contributed by atoms with Crippen molar-refractivity contribution in [3.63, 3.8) is 0 Å². The molecular formula is C19H32N4O3. The number of amides is 3. The topological polar surface area (TPSA) is 64.2 Å². The number of hydrogen-bond acceptors (Lipinski definition) is 4. The predicted octanol–water partition coefficient (Wildman–Crippen LogP) is 0.400. The van der Waals surface area contributed by atoms with E-state index in [1.165, 1.54) is 12.8 Å². The van der Waals surface area contributed by atoms with Crippen LogP contribution in [0.1, 0.15) is 38.5 Å². The molecule has 0 aromatic rings. The van der Waals surface area contributed by atoms with Gasteiger partial charge in [0.25, 0.3) is 0 Å². The van der Waals surface area contributed by atoms with Gasteiger partial charge in [0.1, 0.15) is 0 Å². The van der Waals surface area contributed by atoms with Crippen LogP contribution in [0.15, 0.2) is 0 Å². The maximum atomic E-state index is 12.9. The second-order valence-corrected chi connectivity index (χ2v) is 8.13. The Kier molecular flexibility index (Phi) is 6.16. The van der Waals surface area contributed by atoms with Gasteiger partial charge in [0.05, 0.1) is 12.5 Å². The van der Waals surface area contributed by atoms with E-state index in [1.54, 1.807) is 19.0 Å². The summed E-state index contributed by atoms with van der Waals surface area (Å²) >= 11 is 0. The molecule has 146 valence electrons. The van der Waals surface area contributed by atoms with Gasteiger partial charge in [0.2, 0.25) is 17.7 Å². The first-order valence-electron chi connectivity index (χ1n) is 9.96. The zero-order chi connectivity index (χ0) is 18.7. The average Bonchev–Trinajstić information content (AvgIpc) is 3.20. The molecule has 7 heteroatoms. The quantitative estimate of drug-likeness (QED) is 0.724. The Bertz CT molecular complexity index is 545. The Hall–Kier alpha value is -1.63. The molecule has 0 bridgehead atoms. The number of carbonyl (C=O) groups excluding carboxylic acids is 3. The molecule has 0 spiro atoms. The van der Waals surface area contributed by atoms with Gasteiger partial charge in [-0.3, -0.25) is 19.3 Å². The number of likely N-dealkylation sites (tertiary alicyclic amines) is 1. The molecule has 3 amide bonds. The second-order valence-electron chi connectivity index (χ2n) is 8.13. The highest BCUT2D eigenvalue weighted by molar-refractivity contribution is 5.89. The van der Waals surface area contributed by atoms with Crippen LogP contribution in [-0.2, 0) is 14.4 Å². The van der Waals surface area contributed by atoms with Crippen LogP contribution >= 0.6 is 0 Å². The smallest absolute Gasteiger partial charge is 0.236 e. The van der Waals surface area contributed by atoms with Crippen LogP contribution in [0.4, 0.5) is 0 Å². The molecule has 1 saturated carbocycles. The second kappa shape index (κ2) is 8.37. The molecule has 2 aliphatic heterocycles. The molecule has 0 N–H and O–H groups in total. The minimum Gasteiger partial charge on any atom is -0.348 e. The van der Waals surface area contributed by atoms with E-state index in [-0.39, 0.29) is 23.6 Å². The van der Waals surface area contributed by atoms with Gasteiger partial charge >= 0.3 is 0 Å². The normalized spacial score (nSPS) is 25.6. The van der Waals surface area contributed by atoms with Gasteiger partial charge in [-0.25, -0.2) is 0 Å². The largest absolute Gasteiger partial charge is 0.348 e. The van der Waals surface area contributed by atoms with Gasteiger partial charge in [-0.05, 0) is 19.3 Å². The predicted molar refractivity (Wildman–Crippen MR) is 98.4 cm³/mol. The van der Waals surface area contributed by atoms with E-state index in [2.05, 4.69) is 4.90 Å². The lowest BCUT2D eigenvalue weighted by molar-refractivity contribution is -0.135. The highest BCUT2D eigenvalue weighted by Gasteiger charge is 2.40. The first-order valence-corrected chi connectivity index (χ1v) is 9.96. The lowest BCUT2D eigenvalue weighted by atomic mass is 10.1. The maximum Gasteiger partial charge on any atom is 0.236 e. The zero-order valence-corrected chi connectivity index (χ0v) is 16.2. The van der Waals surface area contributed by atoms with Crippen molar-refractivity contribution >= 4 is 17.7 Å². The van der Waals surface area contributed by atoms with Crippen LogP contribution in [0.2, 0.25) is 0 Å². The standard InChI is InChI=1S/C19H32N4O3/c1-20(2)18(25)14-21-8-5-9-22(11-10-21)19(26)15-12-17(24)23(13-15)16-6-3-4-7-16/h15-16H,3-14H2,1-2H3. The molecule has 7 nitrogen and oxygen atoms in total. The van der Waals surface area contributed by atoms with Crippen LogP contribution in [0.25, 0.3) is 0 Å². The van der Waals surface area contributed by atoms with Crippen molar-refractivity contribution in [2.75, 3.05) is 53.4 Å². The van der Waals surface area contributed by atoms with Crippen molar-refractivity contribution in [2.45, 2.75) is 44.6 Å². The Balaban J connectivity index is 1.52. The molecule has 3 fully saturated rings. The van der Waals surface area contributed by atoms with Crippen LogP contribution in [0.5, 0.6) is 0 Å². The van der Waals surface area contributed by atoms with E-state index in [0.717, 1.165) is 38.9 Å². The SMILES string of the molecule is CN(C)C(=O)CN1CCCN(C(=O)C2CC(=O)N(C3CCCC3)C2)CC1. The van der Waals surface area contributed by atoms with Crippen LogP contribution in [0.3, 0.4) is 0 Å². The molecule has 0 aromatic heterocycles. The molecule has 1 atom stereocenters. The molecule has 26 heavy (non-hydrogen) atoms. The zero-order valence-electron chi connectivity index (χ0n) is 16.2. The van der Waals surface area contributed by atoms with E-state index in [4.69, 9.17) is 0 Å². The first-order chi connectivity index (χ1) is 12.5. The van der Waals surface area contributed by atoms with Gasteiger partial charge in [-0.1, -0.05) is 12.8 Å². The fourth-order valence-corrected chi connectivity index (χ4v) is 4.41. The van der Waals surface area contributed by atoms with Crippen molar-refractivity contribution in [3.8, 4) is 0 Å². The summed E-state index contributed by atoms with van der Waals surface area (Å²) in [6.07, 6.45) is 5.81. The molecular weight excluding hydrogens is 332 g/mol. The van der Waals surface area contributed by atoms with Crippen LogP contribution in [-0.4, -0.2) is 96.7 Å². The number of hydrogen-bond donors (Lipinski definition) is 0. The summed E-state index contributed by atoms with van der Waals surface area (Å²) < 4.78 is 0. The lowest BCUT2D eigenvalue weighted by Gasteiger charge is -2.26. The Labute approximate surface area is 156 Å². The van der Waals surface area contributed by atoms with E-state index < -0.39 is 0 Å². The van der Waals surface area contributed by atoms with Gasteiger partial charge in [0.15, 0.2) is 0 Å². The average molecular weight is 364 g/mol. The Morgan fingerprint density at radius 1 is 1.04 bits per heavy atom. The summed E-state index contributed by atoms with van der Waals surface area (Å²) in [5, 5.41) is 0. The fraction of sp³-hybridized carbons (Fsp3) is 0.842. The summed E-state index contributed by atoms with van der Waals surface area (Å²) in [6, 6.07) is 0.358. The van der Waals surface area contributed by atoms with E-state index in [9.17, 15) is 14.4 Å². The summed E-state index contributed by atoms with van der Waals surface area (Å²) in [5.74, 6) is 0.194. The highest BCUT2D eigenvalue weighted by Crippen LogP contribution is 2.30. The number of nitrogens with zero attached hydrogens (tertiary/aromatic N) is 4. The summed E-state index contributed by atoms with van der Waals surface area (Å²) in [5.41, 5.74) is 0. The number of rotatable bonds is 4. The molecule has 0 aromatic carbocycles. The number of likely N-dealkylation sites (N-methyl/N-ethyl adjacent to an activating group) is 1. The maximum absolute atomic E-state index is 12.9. The number of carbonyl (C=O) groups is 3. The first kappa shape index (κ1) is 19.1. The van der Waals surface area contributed by atoms with Gasteiger partial charge in [-0.2, -0.15) is 0 Å². The third-order valence-electron chi connectivity index (χ3n) is 6.03. The molecule has 2 heterocycles. The monoisotopic (exact) mass is 364 g/mol. The van der Waals surface area contributed by atoms with Crippen molar-refractivity contribution < 1.29 is 14.4 Å². The van der Waals surface area contributed by atoms with Gasteiger partial charge in [-0.15, -0.1) is 0 Å². The van der Waals surface area contributed by atoms with Crippen LogP contribution in [0, 0.1) is 5.92 Å². The minimum absolute atomic E-state index is 0.0957. The highest BCUT2D eigenvalue weighted by atomic mass is 16.2. The van der Waals surface area contributed by atoms with Crippen molar-refractivity contribution in [3.05, 3.63) is 0 Å². The van der Waals surface area contributed by atoms with Gasteiger partial charge < -0.3 is 14.7 Å². The molecule has 1 aliphatic carbocycles. The van der Waals surface area contributed by atoms with E-state index in [1.807, 2.05) is 9.80 Å². The molecule has 3 aliphatic rings. The molecule has 2 saturated heterocycles. The van der Waals surface area contributed by atoms with E-state index >= 15 is 0 Å². The summed E-state index contributed by atoms with van der Waals surface area (Å²) in [6.45, 7) is 3.93. The third-order valence-corrected chi connectivity index (χ3v) is 6.03. The van der Waals surface area contributed by atoms with Crippen molar-refractivity contribution in [1.29, 1.82) is 0 Å².